The molecule has 6 nitrogen and oxygen atoms in total. The molecule has 1 aromatic carbocycles. The molecule has 7 heteroatoms. The Bertz CT molecular complexity index is 585. The van der Waals surface area contributed by atoms with Crippen molar-refractivity contribution in [3.05, 3.63) is 44.8 Å². The molecule has 1 aromatic heterocycles. The van der Waals surface area contributed by atoms with Crippen LogP contribution in [-0.4, -0.2) is 29.5 Å². The number of nitro groups is 1. The zero-order valence-corrected chi connectivity index (χ0v) is 11.7. The van der Waals surface area contributed by atoms with Gasteiger partial charge in [0.2, 0.25) is 0 Å². The molecule has 0 aliphatic heterocycles. The Morgan fingerprint density at radius 1 is 1.40 bits per heavy atom. The summed E-state index contributed by atoms with van der Waals surface area (Å²) in [6.07, 6.45) is 0.833. The van der Waals surface area contributed by atoms with Gasteiger partial charge in [0, 0.05) is 49.1 Å². The van der Waals surface area contributed by atoms with Gasteiger partial charge < -0.3 is 11.1 Å². The van der Waals surface area contributed by atoms with E-state index in [4.69, 9.17) is 5.73 Å². The summed E-state index contributed by atoms with van der Waals surface area (Å²) in [5, 5.41) is 16.9. The molecule has 0 unspecified atom stereocenters. The Balaban J connectivity index is 2.04. The van der Waals surface area contributed by atoms with Crippen LogP contribution in [0.15, 0.2) is 29.6 Å². The van der Waals surface area contributed by atoms with Crippen LogP contribution in [0.4, 0.5) is 5.69 Å². The third-order valence-electron chi connectivity index (χ3n) is 2.74. The zero-order valence-electron chi connectivity index (χ0n) is 10.9. The molecular formula is C13H16N4O2S. The fourth-order valence-corrected chi connectivity index (χ4v) is 2.57. The molecule has 0 fully saturated rings. The Morgan fingerprint density at radius 2 is 2.25 bits per heavy atom. The molecule has 0 saturated heterocycles. The SMILES string of the molecule is NCCNCCc1nc(-c2cccc([N+](=O)[O-])c2)cs1. The largest absolute Gasteiger partial charge is 0.329 e. The van der Waals surface area contributed by atoms with Gasteiger partial charge in [0.25, 0.3) is 5.69 Å². The number of thiazole rings is 1. The molecule has 0 radical (unpaired) electrons. The first kappa shape index (κ1) is 14.6. The summed E-state index contributed by atoms with van der Waals surface area (Å²) in [6.45, 7) is 2.25. The summed E-state index contributed by atoms with van der Waals surface area (Å²) < 4.78 is 0. The van der Waals surface area contributed by atoms with Crippen LogP contribution in [0.1, 0.15) is 5.01 Å². The first-order valence-corrected chi connectivity index (χ1v) is 7.18. The van der Waals surface area contributed by atoms with Crippen LogP contribution in [-0.2, 0) is 6.42 Å². The lowest BCUT2D eigenvalue weighted by molar-refractivity contribution is -0.384. The Labute approximate surface area is 120 Å². The van der Waals surface area contributed by atoms with Crippen molar-refractivity contribution in [1.29, 1.82) is 0 Å². The van der Waals surface area contributed by atoms with E-state index >= 15 is 0 Å². The van der Waals surface area contributed by atoms with Crippen LogP contribution in [0.3, 0.4) is 0 Å². The first-order chi connectivity index (χ1) is 9.70. The van der Waals surface area contributed by atoms with E-state index in [0.717, 1.165) is 35.8 Å². The van der Waals surface area contributed by atoms with Crippen LogP contribution in [0.25, 0.3) is 11.3 Å². The lowest BCUT2D eigenvalue weighted by atomic mass is 10.1. The highest BCUT2D eigenvalue weighted by Gasteiger charge is 2.09. The second-order valence-corrected chi connectivity index (χ2v) is 5.17. The number of rotatable bonds is 7. The standard InChI is InChI=1S/C13H16N4O2S/c14-5-7-15-6-4-13-16-12(9-20-13)10-2-1-3-11(8-10)17(18)19/h1-3,8-9,15H,4-7,14H2. The summed E-state index contributed by atoms with van der Waals surface area (Å²) in [5.74, 6) is 0. The van der Waals surface area contributed by atoms with Gasteiger partial charge >= 0.3 is 0 Å². The smallest absolute Gasteiger partial charge is 0.270 e. The number of nitrogens with zero attached hydrogens (tertiary/aromatic N) is 2. The molecule has 0 bridgehead atoms. The van der Waals surface area contributed by atoms with Crippen molar-refractivity contribution < 1.29 is 4.92 Å². The van der Waals surface area contributed by atoms with Gasteiger partial charge in [-0.2, -0.15) is 0 Å². The van der Waals surface area contributed by atoms with Gasteiger partial charge in [0.05, 0.1) is 15.6 Å². The lowest BCUT2D eigenvalue weighted by Crippen LogP contribution is -2.24. The Hall–Kier alpha value is -1.83. The van der Waals surface area contributed by atoms with Crippen molar-refractivity contribution in [3.8, 4) is 11.3 Å². The second kappa shape index (κ2) is 7.09. The van der Waals surface area contributed by atoms with Gasteiger partial charge in [-0.1, -0.05) is 12.1 Å². The maximum atomic E-state index is 10.8. The average molecular weight is 292 g/mol. The molecule has 106 valence electrons. The fourth-order valence-electron chi connectivity index (χ4n) is 1.76. The number of nitrogens with one attached hydrogen (secondary N) is 1. The molecule has 0 spiro atoms. The maximum Gasteiger partial charge on any atom is 0.270 e. The van der Waals surface area contributed by atoms with E-state index in [2.05, 4.69) is 10.3 Å². The van der Waals surface area contributed by atoms with Crippen molar-refractivity contribution in [3.63, 3.8) is 0 Å². The van der Waals surface area contributed by atoms with Crippen molar-refractivity contribution in [1.82, 2.24) is 10.3 Å². The van der Waals surface area contributed by atoms with Crippen LogP contribution in [0, 0.1) is 10.1 Å². The van der Waals surface area contributed by atoms with Crippen molar-refractivity contribution >= 4 is 17.0 Å². The van der Waals surface area contributed by atoms with E-state index in [1.54, 1.807) is 23.5 Å². The summed E-state index contributed by atoms with van der Waals surface area (Å²) in [7, 11) is 0. The van der Waals surface area contributed by atoms with Gasteiger partial charge in [-0.3, -0.25) is 10.1 Å². The minimum absolute atomic E-state index is 0.0849. The minimum Gasteiger partial charge on any atom is -0.329 e. The average Bonchev–Trinajstić information content (AvgIpc) is 2.92. The third-order valence-corrected chi connectivity index (χ3v) is 3.65. The Morgan fingerprint density at radius 3 is 3.00 bits per heavy atom. The first-order valence-electron chi connectivity index (χ1n) is 6.30. The van der Waals surface area contributed by atoms with Crippen molar-refractivity contribution in [2.45, 2.75) is 6.42 Å². The monoisotopic (exact) mass is 292 g/mol. The van der Waals surface area contributed by atoms with E-state index in [0.29, 0.717) is 6.54 Å². The van der Waals surface area contributed by atoms with E-state index in [1.807, 2.05) is 11.4 Å². The van der Waals surface area contributed by atoms with Crippen LogP contribution in [0.2, 0.25) is 0 Å². The number of non-ortho nitro benzene ring substituents is 1. The number of nitro benzene ring substituents is 1. The molecule has 3 N–H and O–H groups in total. The van der Waals surface area contributed by atoms with Gasteiger partial charge in [-0.25, -0.2) is 4.98 Å². The molecule has 0 amide bonds. The van der Waals surface area contributed by atoms with Gasteiger partial charge in [-0.05, 0) is 0 Å². The van der Waals surface area contributed by atoms with Gasteiger partial charge in [0.15, 0.2) is 0 Å². The summed E-state index contributed by atoms with van der Waals surface area (Å²) in [5.41, 5.74) is 7.04. The van der Waals surface area contributed by atoms with Crippen LogP contribution in [0.5, 0.6) is 0 Å². The van der Waals surface area contributed by atoms with E-state index in [-0.39, 0.29) is 5.69 Å². The number of hydrogen-bond donors (Lipinski definition) is 2. The number of aromatic nitrogens is 1. The Kier molecular flexibility index (Phi) is 5.16. The summed E-state index contributed by atoms with van der Waals surface area (Å²) in [4.78, 5) is 14.9. The van der Waals surface area contributed by atoms with E-state index in [1.165, 1.54) is 6.07 Å². The third kappa shape index (κ3) is 3.83. The molecule has 20 heavy (non-hydrogen) atoms. The van der Waals surface area contributed by atoms with E-state index in [9.17, 15) is 10.1 Å². The highest BCUT2D eigenvalue weighted by Crippen LogP contribution is 2.25. The highest BCUT2D eigenvalue weighted by atomic mass is 32.1. The number of benzene rings is 1. The van der Waals surface area contributed by atoms with Crippen LogP contribution >= 0.6 is 11.3 Å². The van der Waals surface area contributed by atoms with E-state index < -0.39 is 4.92 Å². The lowest BCUT2D eigenvalue weighted by Gasteiger charge is -1.99. The predicted octanol–water partition coefficient (Wildman–Crippen LogP) is 1.81. The maximum absolute atomic E-state index is 10.8. The quantitative estimate of drug-likeness (QED) is 0.461. The topological polar surface area (TPSA) is 94.1 Å². The highest BCUT2D eigenvalue weighted by molar-refractivity contribution is 7.09. The number of hydrogen-bond acceptors (Lipinski definition) is 6. The van der Waals surface area contributed by atoms with Gasteiger partial charge in [-0.15, -0.1) is 11.3 Å². The summed E-state index contributed by atoms with van der Waals surface area (Å²) >= 11 is 1.56. The predicted molar refractivity (Wildman–Crippen MR) is 79.8 cm³/mol. The molecular weight excluding hydrogens is 276 g/mol. The van der Waals surface area contributed by atoms with Gasteiger partial charge in [0.1, 0.15) is 0 Å². The molecule has 1 heterocycles. The summed E-state index contributed by atoms with van der Waals surface area (Å²) in [6, 6.07) is 6.53. The second-order valence-electron chi connectivity index (χ2n) is 4.22. The molecule has 0 aliphatic rings. The van der Waals surface area contributed by atoms with Crippen LogP contribution < -0.4 is 11.1 Å². The number of nitrogens with two attached hydrogens (primary N) is 1. The molecule has 0 aliphatic carbocycles. The van der Waals surface area contributed by atoms with Crippen molar-refractivity contribution in [2.75, 3.05) is 19.6 Å². The molecule has 0 atom stereocenters. The normalized spacial score (nSPS) is 10.7. The molecule has 0 saturated carbocycles. The minimum atomic E-state index is -0.395. The van der Waals surface area contributed by atoms with Crippen molar-refractivity contribution in [2.24, 2.45) is 5.73 Å². The fraction of sp³-hybridized carbons (Fsp3) is 0.308. The zero-order chi connectivity index (χ0) is 14.4. The molecule has 2 aromatic rings. The molecule has 2 rings (SSSR count).